The van der Waals surface area contributed by atoms with Crippen LogP contribution in [0, 0.1) is 11.8 Å². The molecule has 20 heavy (non-hydrogen) atoms. The summed E-state index contributed by atoms with van der Waals surface area (Å²) in [6.07, 6.45) is 6.33. The second-order valence-corrected chi connectivity index (χ2v) is 5.52. The molecule has 0 aliphatic carbocycles. The van der Waals surface area contributed by atoms with Crippen LogP contribution in [-0.2, 0) is 4.74 Å². The third-order valence-corrected chi connectivity index (χ3v) is 4.17. The predicted octanol–water partition coefficient (Wildman–Crippen LogP) is 3.69. The minimum Gasteiger partial charge on any atom is -0.450 e. The third kappa shape index (κ3) is 7.73. The minimum atomic E-state index is -0.669. The topological polar surface area (TPSA) is 64.3 Å². The molecule has 0 saturated heterocycles. The number of nitrogens with one attached hydrogen (secondary N) is 1. The number of hydrogen-bond donors (Lipinski definition) is 2. The Morgan fingerprint density at radius 1 is 1.10 bits per heavy atom. The fraction of sp³-hybridized carbons (Fsp3) is 0.938. The lowest BCUT2D eigenvalue weighted by Crippen LogP contribution is -2.42. The van der Waals surface area contributed by atoms with E-state index in [9.17, 15) is 4.79 Å². The van der Waals surface area contributed by atoms with E-state index in [-0.39, 0.29) is 0 Å². The van der Waals surface area contributed by atoms with Gasteiger partial charge in [0.15, 0.2) is 0 Å². The molecule has 1 amide bonds. The zero-order chi connectivity index (χ0) is 15.4. The van der Waals surface area contributed by atoms with Crippen molar-refractivity contribution in [1.82, 2.24) is 5.32 Å². The van der Waals surface area contributed by atoms with Crippen molar-refractivity contribution in [3.05, 3.63) is 0 Å². The van der Waals surface area contributed by atoms with E-state index < -0.39 is 6.09 Å². The van der Waals surface area contributed by atoms with Crippen molar-refractivity contribution in [2.75, 3.05) is 13.2 Å². The van der Waals surface area contributed by atoms with Crippen molar-refractivity contribution in [2.45, 2.75) is 72.3 Å². The van der Waals surface area contributed by atoms with Gasteiger partial charge in [-0.25, -0.2) is 4.79 Å². The van der Waals surface area contributed by atoms with Crippen LogP contribution in [0.2, 0.25) is 0 Å². The van der Waals surface area contributed by atoms with Gasteiger partial charge in [-0.1, -0.05) is 53.4 Å². The zero-order valence-electron chi connectivity index (χ0n) is 13.8. The molecule has 3 N–H and O–H groups in total. The van der Waals surface area contributed by atoms with Gasteiger partial charge in [-0.3, -0.25) is 0 Å². The van der Waals surface area contributed by atoms with E-state index in [2.05, 4.69) is 33.0 Å². The van der Waals surface area contributed by atoms with E-state index in [1.807, 2.05) is 0 Å². The van der Waals surface area contributed by atoms with Gasteiger partial charge in [0.25, 0.3) is 0 Å². The molecule has 0 aliphatic heterocycles. The molecule has 3 atom stereocenters. The average Bonchev–Trinajstić information content (AvgIpc) is 2.43. The number of unbranched alkanes of at least 4 members (excludes halogenated alkanes) is 1. The second-order valence-electron chi connectivity index (χ2n) is 5.52. The SMILES string of the molecule is CCCCC(CC)C(NCC)C(CC)CCOC(N)=O. The Morgan fingerprint density at radius 2 is 1.70 bits per heavy atom. The molecular weight excluding hydrogens is 252 g/mol. The van der Waals surface area contributed by atoms with Gasteiger partial charge >= 0.3 is 6.09 Å². The first-order chi connectivity index (χ1) is 9.60. The van der Waals surface area contributed by atoms with Crippen molar-refractivity contribution in [1.29, 1.82) is 0 Å². The Bertz CT molecular complexity index is 247. The summed E-state index contributed by atoms with van der Waals surface area (Å²) in [5.41, 5.74) is 5.03. The lowest BCUT2D eigenvalue weighted by Gasteiger charge is -2.34. The zero-order valence-corrected chi connectivity index (χ0v) is 13.8. The molecule has 0 spiro atoms. The second kappa shape index (κ2) is 12.0. The summed E-state index contributed by atoms with van der Waals surface area (Å²) in [5, 5.41) is 3.66. The fourth-order valence-electron chi connectivity index (χ4n) is 3.01. The number of rotatable bonds is 12. The first-order valence-electron chi connectivity index (χ1n) is 8.26. The maximum Gasteiger partial charge on any atom is 0.404 e. The van der Waals surface area contributed by atoms with Crippen LogP contribution in [-0.4, -0.2) is 25.3 Å². The number of amides is 1. The lowest BCUT2D eigenvalue weighted by molar-refractivity contribution is 0.135. The number of hydrogen-bond acceptors (Lipinski definition) is 3. The number of primary amides is 1. The van der Waals surface area contributed by atoms with Crippen LogP contribution < -0.4 is 11.1 Å². The van der Waals surface area contributed by atoms with Crippen LogP contribution in [0.25, 0.3) is 0 Å². The molecule has 0 aliphatic rings. The molecule has 0 fully saturated rings. The van der Waals surface area contributed by atoms with Gasteiger partial charge in [0, 0.05) is 6.04 Å². The Labute approximate surface area is 124 Å². The average molecular weight is 286 g/mol. The molecule has 0 aromatic rings. The van der Waals surface area contributed by atoms with E-state index >= 15 is 0 Å². The van der Waals surface area contributed by atoms with Gasteiger partial charge in [0.2, 0.25) is 0 Å². The summed E-state index contributed by atoms with van der Waals surface area (Å²) in [6.45, 7) is 10.3. The maximum absolute atomic E-state index is 10.7. The highest BCUT2D eigenvalue weighted by Crippen LogP contribution is 2.26. The molecule has 0 bridgehead atoms. The number of carbonyl (C=O) groups is 1. The fourth-order valence-corrected chi connectivity index (χ4v) is 3.01. The smallest absolute Gasteiger partial charge is 0.404 e. The molecule has 0 rings (SSSR count). The summed E-state index contributed by atoms with van der Waals surface area (Å²) in [7, 11) is 0. The van der Waals surface area contributed by atoms with Crippen LogP contribution in [0.15, 0.2) is 0 Å². The molecule has 0 saturated carbocycles. The largest absolute Gasteiger partial charge is 0.450 e. The van der Waals surface area contributed by atoms with E-state index in [0.717, 1.165) is 19.4 Å². The van der Waals surface area contributed by atoms with Gasteiger partial charge in [-0.15, -0.1) is 0 Å². The standard InChI is InChI=1S/C16H34N2O2/c1-5-9-10-13(6-2)15(18-8-4)14(7-3)11-12-20-16(17)19/h13-15,18H,5-12H2,1-4H3,(H2,17,19). The molecule has 120 valence electrons. The third-order valence-electron chi connectivity index (χ3n) is 4.17. The monoisotopic (exact) mass is 286 g/mol. The van der Waals surface area contributed by atoms with Crippen LogP contribution in [0.4, 0.5) is 4.79 Å². The normalized spacial score (nSPS) is 15.6. The highest BCUT2D eigenvalue weighted by atomic mass is 16.5. The van der Waals surface area contributed by atoms with Gasteiger partial charge in [0.05, 0.1) is 6.61 Å². The van der Waals surface area contributed by atoms with Crippen molar-refractivity contribution in [2.24, 2.45) is 17.6 Å². The quantitative estimate of drug-likeness (QED) is 0.575. The summed E-state index contributed by atoms with van der Waals surface area (Å²) >= 11 is 0. The molecule has 0 heterocycles. The molecular formula is C16H34N2O2. The van der Waals surface area contributed by atoms with Crippen molar-refractivity contribution in [3.8, 4) is 0 Å². The number of nitrogens with two attached hydrogens (primary N) is 1. The summed E-state index contributed by atoms with van der Waals surface area (Å²) < 4.78 is 4.91. The first-order valence-corrected chi connectivity index (χ1v) is 8.26. The predicted molar refractivity (Wildman–Crippen MR) is 84.7 cm³/mol. The molecule has 0 radical (unpaired) electrons. The molecule has 4 nitrogen and oxygen atoms in total. The van der Waals surface area contributed by atoms with E-state index in [4.69, 9.17) is 10.5 Å². The van der Waals surface area contributed by atoms with Crippen LogP contribution in [0.1, 0.15) is 66.2 Å². The highest BCUT2D eigenvalue weighted by molar-refractivity contribution is 5.64. The lowest BCUT2D eigenvalue weighted by atomic mass is 9.80. The first kappa shape index (κ1) is 19.2. The molecule has 3 unspecified atom stereocenters. The maximum atomic E-state index is 10.7. The Morgan fingerprint density at radius 3 is 2.15 bits per heavy atom. The van der Waals surface area contributed by atoms with Crippen molar-refractivity contribution in [3.63, 3.8) is 0 Å². The van der Waals surface area contributed by atoms with Crippen LogP contribution in [0.5, 0.6) is 0 Å². The Balaban J connectivity index is 4.57. The van der Waals surface area contributed by atoms with Gasteiger partial charge in [-0.05, 0) is 31.2 Å². The summed E-state index contributed by atoms with van der Waals surface area (Å²) in [5.74, 6) is 1.24. The van der Waals surface area contributed by atoms with Crippen LogP contribution in [0.3, 0.4) is 0 Å². The van der Waals surface area contributed by atoms with Crippen molar-refractivity contribution >= 4 is 6.09 Å². The molecule has 0 aromatic carbocycles. The van der Waals surface area contributed by atoms with Gasteiger partial charge in [0.1, 0.15) is 0 Å². The summed E-state index contributed by atoms with van der Waals surface area (Å²) in [6, 6.07) is 0.512. The van der Waals surface area contributed by atoms with Gasteiger partial charge in [-0.2, -0.15) is 0 Å². The number of ether oxygens (including phenoxy) is 1. The number of carbonyl (C=O) groups excluding carboxylic acids is 1. The van der Waals surface area contributed by atoms with E-state index in [0.29, 0.717) is 24.5 Å². The highest BCUT2D eigenvalue weighted by Gasteiger charge is 2.26. The van der Waals surface area contributed by atoms with E-state index in [1.165, 1.54) is 25.7 Å². The van der Waals surface area contributed by atoms with Crippen LogP contribution >= 0.6 is 0 Å². The van der Waals surface area contributed by atoms with E-state index in [1.54, 1.807) is 0 Å². The van der Waals surface area contributed by atoms with Crippen molar-refractivity contribution < 1.29 is 9.53 Å². The Kier molecular flexibility index (Phi) is 11.5. The molecule has 4 heteroatoms. The molecule has 0 aromatic heterocycles. The Hall–Kier alpha value is -0.770. The minimum absolute atomic E-state index is 0.431. The summed E-state index contributed by atoms with van der Waals surface area (Å²) in [4.78, 5) is 10.7. The van der Waals surface area contributed by atoms with Gasteiger partial charge < -0.3 is 15.8 Å².